The van der Waals surface area contributed by atoms with Gasteiger partial charge in [-0.2, -0.15) is 0 Å². The van der Waals surface area contributed by atoms with Gasteiger partial charge in [0.05, 0.1) is 11.5 Å². The molecule has 112 valence electrons. The van der Waals surface area contributed by atoms with Crippen molar-refractivity contribution in [1.82, 2.24) is 4.72 Å². The molecule has 20 heavy (non-hydrogen) atoms. The van der Waals surface area contributed by atoms with Gasteiger partial charge < -0.3 is 5.11 Å². The van der Waals surface area contributed by atoms with Crippen molar-refractivity contribution >= 4 is 10.0 Å². The summed E-state index contributed by atoms with van der Waals surface area (Å²) in [5.41, 5.74) is 0.206. The van der Waals surface area contributed by atoms with Crippen molar-refractivity contribution in [3.05, 3.63) is 29.6 Å². The summed E-state index contributed by atoms with van der Waals surface area (Å²) in [6.07, 6.45) is 1.76. The second-order valence-electron chi connectivity index (χ2n) is 5.55. The van der Waals surface area contributed by atoms with Gasteiger partial charge in [0.25, 0.3) is 0 Å². The van der Waals surface area contributed by atoms with E-state index in [1.165, 1.54) is 6.07 Å². The van der Waals surface area contributed by atoms with Crippen LogP contribution in [0.5, 0.6) is 0 Å². The molecule has 0 aromatic heterocycles. The Balaban J connectivity index is 2.29. The van der Waals surface area contributed by atoms with Crippen LogP contribution >= 0.6 is 0 Å². The molecule has 0 heterocycles. The van der Waals surface area contributed by atoms with E-state index in [1.54, 1.807) is 0 Å². The Bertz CT molecular complexity index is 588. The van der Waals surface area contributed by atoms with Crippen molar-refractivity contribution in [2.24, 2.45) is 11.8 Å². The molecule has 0 radical (unpaired) electrons. The van der Waals surface area contributed by atoms with Gasteiger partial charge in [0.1, 0.15) is 5.82 Å². The minimum absolute atomic E-state index is 0.134. The summed E-state index contributed by atoms with van der Waals surface area (Å²) < 4.78 is 40.7. The molecule has 1 aliphatic rings. The van der Waals surface area contributed by atoms with Crippen molar-refractivity contribution < 1.29 is 17.9 Å². The molecular weight excluding hydrogens is 281 g/mol. The van der Waals surface area contributed by atoms with Crippen LogP contribution in [0.2, 0.25) is 0 Å². The van der Waals surface area contributed by atoms with Gasteiger partial charge in [0, 0.05) is 6.04 Å². The molecule has 0 aliphatic heterocycles. The van der Waals surface area contributed by atoms with E-state index in [4.69, 9.17) is 0 Å². The Morgan fingerprint density at radius 2 is 2.05 bits per heavy atom. The molecule has 3 unspecified atom stereocenters. The minimum atomic E-state index is -3.82. The van der Waals surface area contributed by atoms with Crippen LogP contribution in [0.1, 0.15) is 32.3 Å². The molecule has 2 rings (SSSR count). The Morgan fingerprint density at radius 3 is 2.60 bits per heavy atom. The maximum Gasteiger partial charge on any atom is 0.241 e. The first kappa shape index (κ1) is 15.4. The van der Waals surface area contributed by atoms with Crippen LogP contribution in [-0.2, 0) is 16.6 Å². The fraction of sp³-hybridized carbons (Fsp3) is 0.571. The first-order chi connectivity index (χ1) is 9.35. The lowest BCUT2D eigenvalue weighted by Gasteiger charge is -2.20. The van der Waals surface area contributed by atoms with Gasteiger partial charge in [-0.15, -0.1) is 0 Å². The average molecular weight is 301 g/mol. The van der Waals surface area contributed by atoms with Crippen LogP contribution in [0.4, 0.5) is 4.39 Å². The van der Waals surface area contributed by atoms with E-state index in [2.05, 4.69) is 11.6 Å². The summed E-state index contributed by atoms with van der Waals surface area (Å²) in [4.78, 5) is -0.174. The summed E-state index contributed by atoms with van der Waals surface area (Å²) in [5, 5.41) is 9.21. The standard InChI is InChI=1S/C14H20FNO3S/c1-9-3-6-13(10(9)2)16-20(18,19)14-7-12(15)5-4-11(14)8-17/h4-5,7,9-10,13,16-17H,3,6,8H2,1-2H3. The van der Waals surface area contributed by atoms with E-state index in [0.29, 0.717) is 5.92 Å². The molecule has 1 aromatic rings. The second-order valence-corrected chi connectivity index (χ2v) is 7.23. The summed E-state index contributed by atoms with van der Waals surface area (Å²) >= 11 is 0. The largest absolute Gasteiger partial charge is 0.392 e. The first-order valence-corrected chi connectivity index (χ1v) is 8.25. The zero-order chi connectivity index (χ0) is 14.9. The van der Waals surface area contributed by atoms with Crippen LogP contribution < -0.4 is 4.72 Å². The van der Waals surface area contributed by atoms with Gasteiger partial charge in [0.15, 0.2) is 0 Å². The van der Waals surface area contributed by atoms with Gasteiger partial charge in [-0.3, -0.25) is 0 Å². The quantitative estimate of drug-likeness (QED) is 0.894. The average Bonchev–Trinajstić information content (AvgIpc) is 2.70. The molecule has 0 saturated heterocycles. The zero-order valence-corrected chi connectivity index (χ0v) is 12.5. The smallest absolute Gasteiger partial charge is 0.241 e. The molecule has 0 amide bonds. The van der Waals surface area contributed by atoms with Crippen LogP contribution in [-0.4, -0.2) is 19.6 Å². The van der Waals surface area contributed by atoms with Gasteiger partial charge >= 0.3 is 0 Å². The predicted molar refractivity (Wildman–Crippen MR) is 74.0 cm³/mol. The van der Waals surface area contributed by atoms with Crippen LogP contribution in [0.15, 0.2) is 23.1 Å². The molecule has 3 atom stereocenters. The van der Waals surface area contributed by atoms with Crippen LogP contribution in [0, 0.1) is 17.7 Å². The second kappa shape index (κ2) is 5.79. The van der Waals surface area contributed by atoms with Crippen LogP contribution in [0.3, 0.4) is 0 Å². The van der Waals surface area contributed by atoms with Gasteiger partial charge in [-0.25, -0.2) is 17.5 Å². The highest BCUT2D eigenvalue weighted by atomic mass is 32.2. The van der Waals surface area contributed by atoms with Crippen molar-refractivity contribution in [2.45, 2.75) is 44.2 Å². The Kier molecular flexibility index (Phi) is 4.46. The summed E-state index contributed by atoms with van der Waals surface area (Å²) in [5.74, 6) is 0.0823. The molecule has 1 fully saturated rings. The number of halogens is 1. The zero-order valence-electron chi connectivity index (χ0n) is 11.6. The van der Waals surface area contributed by atoms with Crippen LogP contribution in [0.25, 0.3) is 0 Å². The van der Waals surface area contributed by atoms with E-state index in [9.17, 15) is 17.9 Å². The molecule has 0 spiro atoms. The Labute approximate surface area is 119 Å². The van der Waals surface area contributed by atoms with Gasteiger partial charge in [-0.1, -0.05) is 19.9 Å². The molecular formula is C14H20FNO3S. The highest BCUT2D eigenvalue weighted by Crippen LogP contribution is 2.32. The lowest BCUT2D eigenvalue weighted by atomic mass is 9.98. The van der Waals surface area contributed by atoms with E-state index in [-0.39, 0.29) is 22.4 Å². The molecule has 6 heteroatoms. The Hall–Kier alpha value is -0.980. The maximum atomic E-state index is 13.3. The SMILES string of the molecule is CC1CCC(NS(=O)(=O)c2cc(F)ccc2CO)C1C. The van der Waals surface area contributed by atoms with Crippen molar-refractivity contribution in [3.63, 3.8) is 0 Å². The summed E-state index contributed by atoms with van der Waals surface area (Å²) in [6, 6.07) is 3.26. The van der Waals surface area contributed by atoms with E-state index < -0.39 is 22.4 Å². The van der Waals surface area contributed by atoms with Gasteiger partial charge in [0.2, 0.25) is 10.0 Å². The molecule has 1 aromatic carbocycles. The summed E-state index contributed by atoms with van der Waals surface area (Å²) in [7, 11) is -3.82. The predicted octanol–water partition coefficient (Wildman–Crippen LogP) is 2.03. The third kappa shape index (κ3) is 3.02. The fourth-order valence-corrected chi connectivity index (χ4v) is 4.31. The molecule has 1 aliphatic carbocycles. The highest BCUT2D eigenvalue weighted by molar-refractivity contribution is 7.89. The third-order valence-corrected chi connectivity index (χ3v) is 5.83. The lowest BCUT2D eigenvalue weighted by Crippen LogP contribution is -2.37. The third-order valence-electron chi connectivity index (χ3n) is 4.26. The van der Waals surface area contributed by atoms with Gasteiger partial charge in [-0.05, 0) is 42.4 Å². The minimum Gasteiger partial charge on any atom is -0.392 e. The number of aliphatic hydroxyl groups excluding tert-OH is 1. The maximum absolute atomic E-state index is 13.3. The van der Waals surface area contributed by atoms with Crippen molar-refractivity contribution in [2.75, 3.05) is 0 Å². The Morgan fingerprint density at radius 1 is 1.35 bits per heavy atom. The first-order valence-electron chi connectivity index (χ1n) is 6.76. The van der Waals surface area contributed by atoms with E-state index in [0.717, 1.165) is 25.0 Å². The number of aliphatic hydroxyl groups is 1. The van der Waals surface area contributed by atoms with E-state index >= 15 is 0 Å². The lowest BCUT2D eigenvalue weighted by molar-refractivity contribution is 0.278. The van der Waals surface area contributed by atoms with Crippen molar-refractivity contribution in [3.8, 4) is 0 Å². The van der Waals surface area contributed by atoms with E-state index in [1.807, 2.05) is 6.92 Å². The number of benzene rings is 1. The molecule has 0 bridgehead atoms. The fourth-order valence-electron chi connectivity index (χ4n) is 2.70. The number of sulfonamides is 1. The number of hydrogen-bond acceptors (Lipinski definition) is 3. The van der Waals surface area contributed by atoms with Crippen molar-refractivity contribution in [1.29, 1.82) is 0 Å². The molecule has 1 saturated carbocycles. The summed E-state index contributed by atoms with van der Waals surface area (Å²) in [6.45, 7) is 3.68. The normalized spacial score (nSPS) is 26.9. The number of rotatable bonds is 4. The monoisotopic (exact) mass is 301 g/mol. The topological polar surface area (TPSA) is 66.4 Å². The molecule has 4 nitrogen and oxygen atoms in total. The molecule has 2 N–H and O–H groups in total. The number of nitrogens with one attached hydrogen (secondary N) is 1. The number of hydrogen-bond donors (Lipinski definition) is 2. The highest BCUT2D eigenvalue weighted by Gasteiger charge is 2.33.